The van der Waals surface area contributed by atoms with E-state index in [0.29, 0.717) is 24.1 Å². The average molecular weight is 294 g/mol. The Morgan fingerprint density at radius 2 is 2.00 bits per heavy atom. The lowest BCUT2D eigenvalue weighted by molar-refractivity contribution is -0.387. The summed E-state index contributed by atoms with van der Waals surface area (Å²) in [6.45, 7) is 6.40. The quantitative estimate of drug-likeness (QED) is 0.663. The summed E-state index contributed by atoms with van der Waals surface area (Å²) in [4.78, 5) is 19.0. The van der Waals surface area contributed by atoms with Gasteiger partial charge in [0.05, 0.1) is 4.92 Å². The second-order valence-corrected chi connectivity index (χ2v) is 5.57. The van der Waals surface area contributed by atoms with Crippen molar-refractivity contribution in [2.24, 2.45) is 5.92 Å². The fourth-order valence-electron chi connectivity index (χ4n) is 2.58. The summed E-state index contributed by atoms with van der Waals surface area (Å²) < 4.78 is 5.83. The first-order valence-electron chi connectivity index (χ1n) is 7.44. The van der Waals surface area contributed by atoms with Crippen molar-refractivity contribution in [3.05, 3.63) is 15.8 Å². The molecule has 1 N–H and O–H groups in total. The summed E-state index contributed by atoms with van der Waals surface area (Å²) in [6.07, 6.45) is 4.00. The number of hydrogen-bond acceptors (Lipinski definition) is 6. The van der Waals surface area contributed by atoms with Crippen molar-refractivity contribution in [3.63, 3.8) is 0 Å². The molecule has 0 unspecified atom stereocenters. The number of nitro groups is 1. The fraction of sp³-hybridized carbons (Fsp3) is 0.714. The van der Waals surface area contributed by atoms with E-state index in [1.165, 1.54) is 0 Å². The molecule has 0 amide bonds. The number of aromatic nitrogens is 2. The van der Waals surface area contributed by atoms with E-state index in [1.807, 2.05) is 6.92 Å². The zero-order chi connectivity index (χ0) is 15.4. The van der Waals surface area contributed by atoms with E-state index in [0.717, 1.165) is 25.7 Å². The number of rotatable bonds is 5. The molecule has 1 saturated carbocycles. The van der Waals surface area contributed by atoms with Crippen LogP contribution >= 0.6 is 0 Å². The largest absolute Gasteiger partial charge is 0.469 e. The van der Waals surface area contributed by atoms with Crippen molar-refractivity contribution in [1.29, 1.82) is 0 Å². The van der Waals surface area contributed by atoms with E-state index >= 15 is 0 Å². The van der Waals surface area contributed by atoms with Gasteiger partial charge in [-0.1, -0.05) is 6.92 Å². The number of nitrogens with zero attached hydrogens (tertiary/aromatic N) is 3. The van der Waals surface area contributed by atoms with Crippen LogP contribution in [-0.4, -0.2) is 27.5 Å². The third-order valence-electron chi connectivity index (χ3n) is 3.78. The molecule has 0 aromatic carbocycles. The van der Waals surface area contributed by atoms with Crippen LogP contribution in [0.5, 0.6) is 5.88 Å². The van der Waals surface area contributed by atoms with E-state index in [2.05, 4.69) is 22.2 Å². The number of aryl methyl sites for hydroxylation is 1. The molecule has 1 fully saturated rings. The minimum Gasteiger partial charge on any atom is -0.469 e. The first kappa shape index (κ1) is 15.5. The summed E-state index contributed by atoms with van der Waals surface area (Å²) in [5.41, 5.74) is 0.195. The van der Waals surface area contributed by atoms with Gasteiger partial charge in [0.1, 0.15) is 11.8 Å². The molecule has 116 valence electrons. The zero-order valence-electron chi connectivity index (χ0n) is 12.8. The predicted molar refractivity (Wildman–Crippen MR) is 79.6 cm³/mol. The Morgan fingerprint density at radius 3 is 2.57 bits per heavy atom. The van der Waals surface area contributed by atoms with Gasteiger partial charge in [0.25, 0.3) is 5.88 Å². The van der Waals surface area contributed by atoms with Crippen LogP contribution in [0.1, 0.15) is 45.2 Å². The highest BCUT2D eigenvalue weighted by molar-refractivity contribution is 5.48. The van der Waals surface area contributed by atoms with Crippen molar-refractivity contribution < 1.29 is 9.66 Å². The molecular weight excluding hydrogens is 272 g/mol. The van der Waals surface area contributed by atoms with Crippen LogP contribution in [0.15, 0.2) is 0 Å². The number of anilines is 1. The highest BCUT2D eigenvalue weighted by atomic mass is 16.6. The van der Waals surface area contributed by atoms with Gasteiger partial charge in [-0.3, -0.25) is 10.1 Å². The molecule has 0 atom stereocenters. The molecule has 1 aromatic heterocycles. The lowest BCUT2D eigenvalue weighted by atomic mass is 9.89. The van der Waals surface area contributed by atoms with Crippen LogP contribution in [0.3, 0.4) is 0 Å². The number of ether oxygens (including phenoxy) is 1. The first-order chi connectivity index (χ1) is 10.0. The summed E-state index contributed by atoms with van der Waals surface area (Å²) in [6, 6.07) is 0. The van der Waals surface area contributed by atoms with Crippen molar-refractivity contribution in [1.82, 2.24) is 9.97 Å². The highest BCUT2D eigenvalue weighted by Gasteiger charge is 2.27. The SMILES string of the molecule is CCNc1nc(C)c([N+](=O)[O-])c(OC2CCC(C)CC2)n1. The van der Waals surface area contributed by atoms with Crippen LogP contribution < -0.4 is 10.1 Å². The maximum atomic E-state index is 11.2. The molecule has 1 aromatic rings. The molecule has 7 nitrogen and oxygen atoms in total. The van der Waals surface area contributed by atoms with Crippen LogP contribution in [0.2, 0.25) is 0 Å². The lowest BCUT2D eigenvalue weighted by Crippen LogP contribution is -2.24. The smallest absolute Gasteiger partial charge is 0.352 e. The molecule has 0 radical (unpaired) electrons. The Balaban J connectivity index is 2.24. The Labute approximate surface area is 124 Å². The van der Waals surface area contributed by atoms with Gasteiger partial charge in [-0.2, -0.15) is 4.98 Å². The topological polar surface area (TPSA) is 90.2 Å². The molecule has 0 aliphatic heterocycles. The maximum Gasteiger partial charge on any atom is 0.352 e. The van der Waals surface area contributed by atoms with Gasteiger partial charge >= 0.3 is 5.69 Å². The Bertz CT molecular complexity index is 513. The Kier molecular flexibility index (Phi) is 4.93. The van der Waals surface area contributed by atoms with Crippen molar-refractivity contribution in [2.45, 2.75) is 52.6 Å². The lowest BCUT2D eigenvalue weighted by Gasteiger charge is -2.26. The van der Waals surface area contributed by atoms with Crippen molar-refractivity contribution in [3.8, 4) is 5.88 Å². The molecule has 21 heavy (non-hydrogen) atoms. The van der Waals surface area contributed by atoms with Crippen LogP contribution in [0.25, 0.3) is 0 Å². The van der Waals surface area contributed by atoms with Gasteiger partial charge in [-0.15, -0.1) is 0 Å². The van der Waals surface area contributed by atoms with Gasteiger partial charge in [-0.05, 0) is 45.4 Å². The summed E-state index contributed by atoms with van der Waals surface area (Å²) in [7, 11) is 0. The Morgan fingerprint density at radius 1 is 1.33 bits per heavy atom. The van der Waals surface area contributed by atoms with Gasteiger partial charge in [-0.25, -0.2) is 4.98 Å². The average Bonchev–Trinajstić information content (AvgIpc) is 2.41. The van der Waals surface area contributed by atoms with E-state index in [1.54, 1.807) is 6.92 Å². The molecule has 0 bridgehead atoms. The third kappa shape index (κ3) is 3.80. The molecular formula is C14H22N4O3. The molecule has 1 aliphatic carbocycles. The highest BCUT2D eigenvalue weighted by Crippen LogP contribution is 2.33. The van der Waals surface area contributed by atoms with Crippen LogP contribution in [-0.2, 0) is 0 Å². The first-order valence-corrected chi connectivity index (χ1v) is 7.44. The molecule has 0 saturated heterocycles. The summed E-state index contributed by atoms with van der Waals surface area (Å²) in [5.74, 6) is 1.16. The van der Waals surface area contributed by atoms with Crippen LogP contribution in [0, 0.1) is 23.0 Å². The van der Waals surface area contributed by atoms with Gasteiger partial charge in [0.2, 0.25) is 5.95 Å². The molecule has 1 aliphatic rings. The van der Waals surface area contributed by atoms with Gasteiger partial charge in [0, 0.05) is 6.54 Å². The zero-order valence-corrected chi connectivity index (χ0v) is 12.8. The van der Waals surface area contributed by atoms with Crippen LogP contribution in [0.4, 0.5) is 11.6 Å². The molecule has 7 heteroatoms. The second kappa shape index (κ2) is 6.69. The summed E-state index contributed by atoms with van der Waals surface area (Å²) >= 11 is 0. The molecule has 2 rings (SSSR count). The van der Waals surface area contributed by atoms with Crippen molar-refractivity contribution >= 4 is 11.6 Å². The minimum atomic E-state index is -0.466. The maximum absolute atomic E-state index is 11.2. The standard InChI is InChI=1S/C14H22N4O3/c1-4-15-14-16-10(3)12(18(19)20)13(17-14)21-11-7-5-9(2)6-8-11/h9,11H,4-8H2,1-3H3,(H,15,16,17). The monoisotopic (exact) mass is 294 g/mol. The second-order valence-electron chi connectivity index (χ2n) is 5.57. The van der Waals surface area contributed by atoms with E-state index in [9.17, 15) is 10.1 Å². The predicted octanol–water partition coefficient (Wildman–Crippen LogP) is 3.08. The minimum absolute atomic E-state index is 0.00340. The van der Waals surface area contributed by atoms with E-state index < -0.39 is 4.92 Å². The molecule has 0 spiro atoms. The van der Waals surface area contributed by atoms with E-state index in [4.69, 9.17) is 4.74 Å². The normalized spacial score (nSPS) is 21.9. The van der Waals surface area contributed by atoms with Gasteiger partial charge < -0.3 is 10.1 Å². The van der Waals surface area contributed by atoms with Crippen molar-refractivity contribution in [2.75, 3.05) is 11.9 Å². The number of nitrogens with one attached hydrogen (secondary N) is 1. The molecule has 1 heterocycles. The Hall–Kier alpha value is -1.92. The number of hydrogen-bond donors (Lipinski definition) is 1. The fourth-order valence-corrected chi connectivity index (χ4v) is 2.58. The summed E-state index contributed by atoms with van der Waals surface area (Å²) in [5, 5.41) is 14.2. The third-order valence-corrected chi connectivity index (χ3v) is 3.78. The van der Waals surface area contributed by atoms with E-state index in [-0.39, 0.29) is 17.7 Å². The van der Waals surface area contributed by atoms with Gasteiger partial charge in [0.15, 0.2) is 0 Å².